The second kappa shape index (κ2) is 5.92. The standard InChI is InChI=1S/C16H23FN2O2/c1-16(2,3)21-15(20)19-10-11(9-17)8-14(19)12-4-6-13(18)7-5-12/h4-7,11,14H,8-10,18H2,1-3H3. The van der Waals surface area contributed by atoms with Crippen molar-refractivity contribution < 1.29 is 13.9 Å². The van der Waals surface area contributed by atoms with Crippen LogP contribution in [0.15, 0.2) is 24.3 Å². The van der Waals surface area contributed by atoms with Crippen LogP contribution in [0, 0.1) is 5.92 Å². The first kappa shape index (κ1) is 15.6. The van der Waals surface area contributed by atoms with Crippen LogP contribution in [0.5, 0.6) is 0 Å². The number of ether oxygens (including phenoxy) is 1. The van der Waals surface area contributed by atoms with E-state index in [1.807, 2.05) is 32.9 Å². The third kappa shape index (κ3) is 3.86. The maximum atomic E-state index is 13.0. The van der Waals surface area contributed by atoms with E-state index in [0.29, 0.717) is 18.7 Å². The molecule has 1 aliphatic heterocycles. The molecule has 0 bridgehead atoms. The van der Waals surface area contributed by atoms with Crippen LogP contribution in [0.25, 0.3) is 0 Å². The third-order valence-corrected chi connectivity index (χ3v) is 3.56. The predicted octanol–water partition coefficient (Wildman–Crippen LogP) is 3.54. The summed E-state index contributed by atoms with van der Waals surface area (Å²) in [6, 6.07) is 7.22. The van der Waals surface area contributed by atoms with Crippen molar-refractivity contribution in [2.75, 3.05) is 19.0 Å². The predicted molar refractivity (Wildman–Crippen MR) is 80.6 cm³/mol. The molecule has 21 heavy (non-hydrogen) atoms. The fourth-order valence-electron chi connectivity index (χ4n) is 2.59. The monoisotopic (exact) mass is 294 g/mol. The van der Waals surface area contributed by atoms with Crippen LogP contribution in [-0.4, -0.2) is 29.8 Å². The Balaban J connectivity index is 2.20. The molecule has 1 aliphatic rings. The molecule has 2 atom stereocenters. The fraction of sp³-hybridized carbons (Fsp3) is 0.562. The molecular formula is C16H23FN2O2. The summed E-state index contributed by atoms with van der Waals surface area (Å²) < 4.78 is 18.5. The van der Waals surface area contributed by atoms with Crippen molar-refractivity contribution in [2.24, 2.45) is 5.92 Å². The Kier molecular flexibility index (Phi) is 4.40. The summed E-state index contributed by atoms with van der Waals surface area (Å²) in [5, 5.41) is 0. The van der Waals surface area contributed by atoms with Gasteiger partial charge in [0.25, 0.3) is 0 Å². The minimum atomic E-state index is -0.559. The highest BCUT2D eigenvalue weighted by Crippen LogP contribution is 2.36. The van der Waals surface area contributed by atoms with Crippen LogP contribution in [0.3, 0.4) is 0 Å². The van der Waals surface area contributed by atoms with Crippen LogP contribution in [0.2, 0.25) is 0 Å². The van der Waals surface area contributed by atoms with E-state index in [4.69, 9.17) is 10.5 Å². The van der Waals surface area contributed by atoms with E-state index in [1.54, 1.807) is 17.0 Å². The van der Waals surface area contributed by atoms with Gasteiger partial charge in [-0.25, -0.2) is 4.79 Å². The summed E-state index contributed by atoms with van der Waals surface area (Å²) in [6.45, 7) is 5.44. The molecule has 1 aromatic rings. The van der Waals surface area contributed by atoms with Crippen molar-refractivity contribution in [1.29, 1.82) is 0 Å². The van der Waals surface area contributed by atoms with E-state index >= 15 is 0 Å². The van der Waals surface area contributed by atoms with Crippen molar-refractivity contribution >= 4 is 11.8 Å². The SMILES string of the molecule is CC(C)(C)OC(=O)N1CC(CF)CC1c1ccc(N)cc1. The lowest BCUT2D eigenvalue weighted by molar-refractivity contribution is 0.0218. The number of halogens is 1. The molecule has 4 nitrogen and oxygen atoms in total. The number of nitrogens with two attached hydrogens (primary N) is 1. The zero-order chi connectivity index (χ0) is 15.6. The zero-order valence-corrected chi connectivity index (χ0v) is 12.8. The van der Waals surface area contributed by atoms with Gasteiger partial charge in [-0.1, -0.05) is 12.1 Å². The highest BCUT2D eigenvalue weighted by molar-refractivity contribution is 5.69. The number of anilines is 1. The van der Waals surface area contributed by atoms with E-state index in [1.165, 1.54) is 0 Å². The molecule has 1 aromatic carbocycles. The fourth-order valence-corrected chi connectivity index (χ4v) is 2.59. The van der Waals surface area contributed by atoms with Crippen LogP contribution in [-0.2, 0) is 4.74 Å². The van der Waals surface area contributed by atoms with Gasteiger partial charge in [0.2, 0.25) is 0 Å². The Morgan fingerprint density at radius 1 is 1.38 bits per heavy atom. The lowest BCUT2D eigenvalue weighted by Crippen LogP contribution is -2.36. The van der Waals surface area contributed by atoms with Gasteiger partial charge in [0, 0.05) is 18.2 Å². The first-order valence-electron chi connectivity index (χ1n) is 7.21. The average Bonchev–Trinajstić information content (AvgIpc) is 2.82. The van der Waals surface area contributed by atoms with Crippen molar-refractivity contribution in [3.05, 3.63) is 29.8 Å². The number of rotatable bonds is 2. The molecule has 1 amide bonds. The molecule has 2 unspecified atom stereocenters. The van der Waals surface area contributed by atoms with Crippen molar-refractivity contribution in [2.45, 2.75) is 38.8 Å². The number of carbonyl (C=O) groups is 1. The van der Waals surface area contributed by atoms with Gasteiger partial charge in [-0.15, -0.1) is 0 Å². The number of nitrogens with zero attached hydrogens (tertiary/aromatic N) is 1. The molecular weight excluding hydrogens is 271 g/mol. The van der Waals surface area contributed by atoms with E-state index < -0.39 is 12.3 Å². The van der Waals surface area contributed by atoms with Crippen LogP contribution in [0.4, 0.5) is 14.9 Å². The van der Waals surface area contributed by atoms with Gasteiger partial charge in [0.1, 0.15) is 5.60 Å². The van der Waals surface area contributed by atoms with Crippen LogP contribution < -0.4 is 5.73 Å². The van der Waals surface area contributed by atoms with Crippen molar-refractivity contribution in [3.8, 4) is 0 Å². The molecule has 0 aromatic heterocycles. The summed E-state index contributed by atoms with van der Waals surface area (Å²) >= 11 is 0. The average molecular weight is 294 g/mol. The number of benzene rings is 1. The number of amides is 1. The third-order valence-electron chi connectivity index (χ3n) is 3.56. The van der Waals surface area contributed by atoms with Gasteiger partial charge in [-0.3, -0.25) is 4.39 Å². The molecule has 5 heteroatoms. The van der Waals surface area contributed by atoms with Gasteiger partial charge in [0.15, 0.2) is 0 Å². The highest BCUT2D eigenvalue weighted by atomic mass is 19.1. The number of likely N-dealkylation sites (tertiary alicyclic amines) is 1. The van der Waals surface area contributed by atoms with Crippen molar-refractivity contribution in [3.63, 3.8) is 0 Å². The molecule has 1 heterocycles. The van der Waals surface area contributed by atoms with E-state index in [-0.39, 0.29) is 18.1 Å². The smallest absolute Gasteiger partial charge is 0.410 e. The summed E-state index contributed by atoms with van der Waals surface area (Å²) in [4.78, 5) is 14.0. The number of alkyl halides is 1. The maximum absolute atomic E-state index is 13.0. The number of carbonyl (C=O) groups excluding carboxylic acids is 1. The molecule has 1 fully saturated rings. The second-order valence-electron chi connectivity index (χ2n) is 6.57. The molecule has 0 spiro atoms. The quantitative estimate of drug-likeness (QED) is 0.849. The topological polar surface area (TPSA) is 55.6 Å². The minimum absolute atomic E-state index is 0.139. The van der Waals surface area contributed by atoms with Crippen molar-refractivity contribution in [1.82, 2.24) is 4.90 Å². The van der Waals surface area contributed by atoms with Gasteiger partial charge in [0.05, 0.1) is 12.7 Å². The Labute approximate surface area is 125 Å². The second-order valence-corrected chi connectivity index (χ2v) is 6.57. The largest absolute Gasteiger partial charge is 0.444 e. The Hall–Kier alpha value is -1.78. The molecule has 0 saturated carbocycles. The molecule has 0 radical (unpaired) electrons. The Bertz CT molecular complexity index is 496. The Morgan fingerprint density at radius 2 is 2.00 bits per heavy atom. The van der Waals surface area contributed by atoms with E-state index in [0.717, 1.165) is 5.56 Å². The van der Waals surface area contributed by atoms with Gasteiger partial charge in [-0.05, 0) is 44.9 Å². The van der Waals surface area contributed by atoms with Crippen LogP contribution >= 0.6 is 0 Å². The first-order chi connectivity index (χ1) is 9.80. The number of nitrogen functional groups attached to an aromatic ring is 1. The number of hydrogen-bond donors (Lipinski definition) is 1. The highest BCUT2D eigenvalue weighted by Gasteiger charge is 2.38. The Morgan fingerprint density at radius 3 is 2.52 bits per heavy atom. The lowest BCUT2D eigenvalue weighted by Gasteiger charge is -2.28. The maximum Gasteiger partial charge on any atom is 0.410 e. The van der Waals surface area contributed by atoms with E-state index in [9.17, 15) is 9.18 Å². The normalized spacial score (nSPS) is 22.4. The summed E-state index contributed by atoms with van der Waals surface area (Å²) in [5.74, 6) is -0.139. The minimum Gasteiger partial charge on any atom is -0.444 e. The lowest BCUT2D eigenvalue weighted by atomic mass is 10.0. The molecule has 0 aliphatic carbocycles. The van der Waals surface area contributed by atoms with Gasteiger partial charge < -0.3 is 15.4 Å². The molecule has 2 N–H and O–H groups in total. The molecule has 1 saturated heterocycles. The molecule has 116 valence electrons. The zero-order valence-electron chi connectivity index (χ0n) is 12.8. The summed E-state index contributed by atoms with van der Waals surface area (Å²) in [5.41, 5.74) is 6.77. The number of hydrogen-bond acceptors (Lipinski definition) is 3. The van der Waals surface area contributed by atoms with Gasteiger partial charge >= 0.3 is 6.09 Å². The van der Waals surface area contributed by atoms with Crippen LogP contribution in [0.1, 0.15) is 38.8 Å². The summed E-state index contributed by atoms with van der Waals surface area (Å²) in [6.07, 6.45) is 0.222. The van der Waals surface area contributed by atoms with Gasteiger partial charge in [-0.2, -0.15) is 0 Å². The summed E-state index contributed by atoms with van der Waals surface area (Å²) in [7, 11) is 0. The first-order valence-corrected chi connectivity index (χ1v) is 7.21. The van der Waals surface area contributed by atoms with E-state index in [2.05, 4.69) is 0 Å². The molecule has 2 rings (SSSR count).